The second-order valence-corrected chi connectivity index (χ2v) is 5.63. The van der Waals surface area contributed by atoms with Gasteiger partial charge in [-0.25, -0.2) is 0 Å². The largest absolute Gasteiger partial charge is 0.325 e. The summed E-state index contributed by atoms with van der Waals surface area (Å²) in [7, 11) is 0. The first-order valence-electron chi connectivity index (χ1n) is 5.90. The second kappa shape index (κ2) is 8.85. The summed E-state index contributed by atoms with van der Waals surface area (Å²) in [4.78, 5) is 12.7. The molecule has 0 aliphatic heterocycles. The third-order valence-corrected chi connectivity index (χ3v) is 2.37. The highest BCUT2D eigenvalue weighted by Gasteiger charge is 2.14. The third kappa shape index (κ3) is 5.83. The van der Waals surface area contributed by atoms with Gasteiger partial charge in [0.05, 0.1) is 11.4 Å². The van der Waals surface area contributed by atoms with Crippen LogP contribution in [0.1, 0.15) is 6.92 Å². The number of para-hydroxylation sites is 2. The molecule has 0 aromatic heterocycles. The van der Waals surface area contributed by atoms with E-state index < -0.39 is 5.37 Å². The molecule has 0 atom stereocenters. The lowest BCUT2D eigenvalue weighted by Crippen LogP contribution is -2.19. The molecule has 0 aliphatic rings. The summed E-state index contributed by atoms with van der Waals surface area (Å²) in [6.45, 7) is 1.70. The lowest BCUT2D eigenvalue weighted by atomic mass is 10.2. The summed E-state index contributed by atoms with van der Waals surface area (Å²) in [5.74, 6) is 0. The van der Waals surface area contributed by atoms with Gasteiger partial charge < -0.3 is 0 Å². The van der Waals surface area contributed by atoms with Crippen LogP contribution in [0, 0.1) is 0 Å². The monoisotopic (exact) mass is 329 g/mol. The van der Waals surface area contributed by atoms with E-state index in [-0.39, 0.29) is 4.84 Å². The zero-order valence-corrected chi connectivity index (χ0v) is 13.1. The highest BCUT2D eigenvalue weighted by atomic mass is 35.5. The molecule has 1 amide bonds. The molecule has 2 nitrogen and oxygen atoms in total. The Hall–Kier alpha value is -1.22. The molecular weight excluding hydrogens is 317 g/mol. The van der Waals surface area contributed by atoms with Gasteiger partial charge in [0.1, 0.15) is 4.84 Å². The maximum atomic E-state index is 11.4. The molecule has 0 N–H and O–H groups in total. The van der Waals surface area contributed by atoms with E-state index in [1.165, 1.54) is 4.90 Å². The first-order valence-corrected chi connectivity index (χ1v) is 7.15. The van der Waals surface area contributed by atoms with Crippen LogP contribution >= 0.6 is 34.8 Å². The quantitative estimate of drug-likeness (QED) is 0.376. The second-order valence-electron chi connectivity index (χ2n) is 3.78. The normalized spacial score (nSPS) is 9.65. The molecule has 0 unspecified atom stereocenters. The molecule has 0 fully saturated rings. The van der Waals surface area contributed by atoms with Gasteiger partial charge in [-0.05, 0) is 42.8 Å². The van der Waals surface area contributed by atoms with Gasteiger partial charge in [-0.2, -0.15) is 0 Å². The smallest absolute Gasteiger partial charge is 0.268 e. The highest BCUT2D eigenvalue weighted by molar-refractivity contribution is 6.66. The summed E-state index contributed by atoms with van der Waals surface area (Å²) < 4.78 is 0. The van der Waals surface area contributed by atoms with Crippen LogP contribution < -0.4 is 4.90 Å². The number of carbonyl (C=O) groups excluding carboxylic acids is 1. The molecule has 0 bridgehead atoms. The summed E-state index contributed by atoms with van der Waals surface area (Å²) >= 11 is 15.7. The standard InChI is InChI=1S/C13H10ClNO.C2H4Cl2/c14-13(16)15(11-7-3-1-4-8-11)12-9-5-2-6-10-12;1-2(3)4/h1-10H;2H,1H3. The lowest BCUT2D eigenvalue weighted by molar-refractivity contribution is 0.266. The van der Waals surface area contributed by atoms with Crippen molar-refractivity contribution in [1.82, 2.24) is 0 Å². The third-order valence-electron chi connectivity index (χ3n) is 2.20. The van der Waals surface area contributed by atoms with Crippen molar-refractivity contribution < 1.29 is 4.79 Å². The van der Waals surface area contributed by atoms with E-state index in [9.17, 15) is 4.79 Å². The number of carbonyl (C=O) groups is 1. The van der Waals surface area contributed by atoms with Crippen molar-refractivity contribution in [2.24, 2.45) is 0 Å². The maximum absolute atomic E-state index is 11.4. The van der Waals surface area contributed by atoms with Crippen molar-refractivity contribution in [3.63, 3.8) is 0 Å². The predicted molar refractivity (Wildman–Crippen MR) is 87.4 cm³/mol. The number of alkyl halides is 2. The highest BCUT2D eigenvalue weighted by Crippen LogP contribution is 2.26. The summed E-state index contributed by atoms with van der Waals surface area (Å²) in [5.41, 5.74) is 1.52. The number of hydrogen-bond acceptors (Lipinski definition) is 1. The minimum absolute atomic E-state index is 0.222. The Balaban J connectivity index is 0.000000444. The van der Waals surface area contributed by atoms with Gasteiger partial charge >= 0.3 is 5.37 Å². The molecule has 0 saturated heterocycles. The van der Waals surface area contributed by atoms with E-state index in [0.717, 1.165) is 11.4 Å². The van der Waals surface area contributed by atoms with Crippen molar-refractivity contribution in [3.05, 3.63) is 60.7 Å². The van der Waals surface area contributed by atoms with Crippen molar-refractivity contribution >= 4 is 51.5 Å². The van der Waals surface area contributed by atoms with Crippen LogP contribution in [0.15, 0.2) is 60.7 Å². The number of halogens is 3. The first-order chi connectivity index (χ1) is 9.52. The van der Waals surface area contributed by atoms with Gasteiger partial charge in [-0.15, -0.1) is 23.2 Å². The molecule has 20 heavy (non-hydrogen) atoms. The number of amides is 1. The van der Waals surface area contributed by atoms with E-state index in [0.29, 0.717) is 0 Å². The van der Waals surface area contributed by atoms with E-state index in [1.54, 1.807) is 6.92 Å². The predicted octanol–water partition coefficient (Wildman–Crippen LogP) is 5.99. The van der Waals surface area contributed by atoms with E-state index in [4.69, 9.17) is 34.8 Å². The average molecular weight is 331 g/mol. The Labute approximate surface area is 133 Å². The van der Waals surface area contributed by atoms with Crippen LogP contribution in [0.2, 0.25) is 0 Å². The Bertz CT molecular complexity index is 475. The molecule has 0 aliphatic carbocycles. The Kier molecular flexibility index (Phi) is 7.45. The topological polar surface area (TPSA) is 20.3 Å². The fourth-order valence-electron chi connectivity index (χ4n) is 1.51. The molecule has 2 aromatic rings. The summed E-state index contributed by atoms with van der Waals surface area (Å²) in [6, 6.07) is 18.6. The van der Waals surface area contributed by atoms with Gasteiger partial charge in [0, 0.05) is 0 Å². The molecule has 0 radical (unpaired) electrons. The van der Waals surface area contributed by atoms with Crippen molar-refractivity contribution in [2.45, 2.75) is 11.8 Å². The molecule has 0 heterocycles. The van der Waals surface area contributed by atoms with Gasteiger partial charge in [0.15, 0.2) is 0 Å². The zero-order chi connectivity index (χ0) is 15.0. The van der Waals surface area contributed by atoms with Crippen LogP contribution in [0.5, 0.6) is 0 Å². The average Bonchev–Trinajstić information content (AvgIpc) is 2.40. The number of benzene rings is 2. The van der Waals surface area contributed by atoms with Crippen LogP contribution in [0.4, 0.5) is 16.2 Å². The summed E-state index contributed by atoms with van der Waals surface area (Å²) in [5, 5.41) is -0.516. The van der Waals surface area contributed by atoms with E-state index in [2.05, 4.69) is 0 Å². The Morgan fingerprint density at radius 1 is 0.900 bits per heavy atom. The summed E-state index contributed by atoms with van der Waals surface area (Å²) in [6.07, 6.45) is 0. The van der Waals surface area contributed by atoms with E-state index in [1.807, 2.05) is 60.7 Å². The van der Waals surface area contributed by atoms with Crippen LogP contribution in [-0.4, -0.2) is 10.2 Å². The van der Waals surface area contributed by atoms with Crippen molar-refractivity contribution in [1.29, 1.82) is 0 Å². The molecule has 0 spiro atoms. The lowest BCUT2D eigenvalue weighted by Gasteiger charge is -2.19. The Morgan fingerprint density at radius 2 is 1.20 bits per heavy atom. The fourth-order valence-corrected chi connectivity index (χ4v) is 1.70. The van der Waals surface area contributed by atoms with Crippen molar-refractivity contribution in [2.75, 3.05) is 4.90 Å². The van der Waals surface area contributed by atoms with Crippen LogP contribution in [0.25, 0.3) is 0 Å². The van der Waals surface area contributed by atoms with Gasteiger partial charge in [-0.3, -0.25) is 9.69 Å². The number of nitrogens with zero attached hydrogens (tertiary/aromatic N) is 1. The minimum atomic E-state index is -0.516. The SMILES string of the molecule is CC(Cl)Cl.O=C(Cl)N(c1ccccc1)c1ccccc1. The van der Waals surface area contributed by atoms with Gasteiger partial charge in [-0.1, -0.05) is 36.4 Å². The number of rotatable bonds is 2. The molecule has 5 heteroatoms. The molecule has 2 rings (SSSR count). The Morgan fingerprint density at radius 3 is 1.45 bits per heavy atom. The maximum Gasteiger partial charge on any atom is 0.325 e. The van der Waals surface area contributed by atoms with Crippen molar-refractivity contribution in [3.8, 4) is 0 Å². The van der Waals surface area contributed by atoms with Crippen LogP contribution in [-0.2, 0) is 0 Å². The van der Waals surface area contributed by atoms with Gasteiger partial charge in [0.25, 0.3) is 0 Å². The minimum Gasteiger partial charge on any atom is -0.268 e. The molecule has 106 valence electrons. The molecule has 2 aromatic carbocycles. The first kappa shape index (κ1) is 16.8. The number of anilines is 2. The fraction of sp³-hybridized carbons (Fsp3) is 0.133. The van der Waals surface area contributed by atoms with E-state index >= 15 is 0 Å². The number of hydrogen-bond donors (Lipinski definition) is 0. The molecular formula is C15H14Cl3NO. The van der Waals surface area contributed by atoms with Crippen LogP contribution in [0.3, 0.4) is 0 Å². The molecule has 0 saturated carbocycles. The zero-order valence-electron chi connectivity index (χ0n) is 10.8. The van der Waals surface area contributed by atoms with Gasteiger partial charge in [0.2, 0.25) is 0 Å².